The lowest BCUT2D eigenvalue weighted by atomic mass is 9.95. The molecule has 138 valence electrons. The molecule has 0 bridgehead atoms. The Bertz CT molecular complexity index is 928. The van der Waals surface area contributed by atoms with E-state index in [1.54, 1.807) is 7.11 Å². The molecular weight excluding hydrogens is 350 g/mol. The van der Waals surface area contributed by atoms with Gasteiger partial charge in [-0.3, -0.25) is 24.1 Å². The number of thiazole rings is 1. The predicted octanol–water partition coefficient (Wildman–Crippen LogP) is 0.149. The summed E-state index contributed by atoms with van der Waals surface area (Å²) in [5, 5.41) is 10.2. The van der Waals surface area contributed by atoms with Gasteiger partial charge in [-0.1, -0.05) is 18.3 Å². The topological polar surface area (TPSA) is 126 Å². The second kappa shape index (κ2) is 6.87. The molecule has 3 rings (SSSR count). The van der Waals surface area contributed by atoms with Crippen LogP contribution in [0.1, 0.15) is 32.9 Å². The number of aliphatic hydroxyl groups excluding tert-OH is 1. The molecule has 1 aliphatic heterocycles. The number of nitrogens with one attached hydrogen (secondary N) is 2. The van der Waals surface area contributed by atoms with Crippen molar-refractivity contribution >= 4 is 21.7 Å². The molecule has 0 amide bonds. The fourth-order valence-electron chi connectivity index (χ4n) is 3.27. The highest BCUT2D eigenvalue weighted by atomic mass is 32.1. The minimum Gasteiger partial charge on any atom is -0.390 e. The van der Waals surface area contributed by atoms with E-state index in [0.717, 1.165) is 11.3 Å². The van der Waals surface area contributed by atoms with Gasteiger partial charge in [0, 0.05) is 13.0 Å². The molecule has 10 heteroatoms. The minimum atomic E-state index is -0.736. The summed E-state index contributed by atoms with van der Waals surface area (Å²) in [4.78, 5) is 40.3. The van der Waals surface area contributed by atoms with Crippen molar-refractivity contribution in [1.82, 2.24) is 14.5 Å². The molecule has 25 heavy (non-hydrogen) atoms. The van der Waals surface area contributed by atoms with E-state index in [-0.39, 0.29) is 22.4 Å². The zero-order valence-electron chi connectivity index (χ0n) is 14.1. The molecule has 1 fully saturated rings. The number of fused-ring (bicyclic) bond motifs is 1. The van der Waals surface area contributed by atoms with E-state index in [1.165, 1.54) is 4.57 Å². The highest BCUT2D eigenvalue weighted by Gasteiger charge is 2.43. The van der Waals surface area contributed by atoms with Gasteiger partial charge in [-0.15, -0.1) is 0 Å². The number of methoxy groups -OCH3 is 1. The van der Waals surface area contributed by atoms with Crippen molar-refractivity contribution in [3.63, 3.8) is 0 Å². The van der Waals surface area contributed by atoms with Crippen LogP contribution in [0.4, 0.5) is 0 Å². The number of hydrogen-bond donors (Lipinski definition) is 3. The normalized spacial score (nSPS) is 26.2. The van der Waals surface area contributed by atoms with Crippen LogP contribution in [-0.4, -0.2) is 45.1 Å². The number of nitrogens with zero attached hydrogens (tertiary/aromatic N) is 1. The number of ether oxygens (including phenoxy) is 2. The first-order valence-corrected chi connectivity index (χ1v) is 8.93. The van der Waals surface area contributed by atoms with Crippen molar-refractivity contribution in [1.29, 1.82) is 0 Å². The molecule has 9 nitrogen and oxygen atoms in total. The molecule has 2 aromatic rings. The molecule has 2 aromatic heterocycles. The average molecular weight is 371 g/mol. The fourth-order valence-corrected chi connectivity index (χ4v) is 4.13. The molecule has 3 N–H and O–H groups in total. The van der Waals surface area contributed by atoms with Crippen LogP contribution >= 0.6 is 11.3 Å². The van der Waals surface area contributed by atoms with Crippen molar-refractivity contribution in [3.05, 3.63) is 30.5 Å². The number of rotatable bonds is 5. The molecule has 0 saturated carbocycles. The maximum absolute atomic E-state index is 12.5. The van der Waals surface area contributed by atoms with E-state index < -0.39 is 34.6 Å². The van der Waals surface area contributed by atoms with E-state index in [9.17, 15) is 19.5 Å². The zero-order chi connectivity index (χ0) is 18.3. The standard InChI is InChI=1S/C15H21N3O6S/c1-4-8(19)9-5-7(6(2)23-3)13(24-9)18-11-10(25-15(18)22)12(20)17-14(21)16-11/h6-9,13,19H,4-5H2,1-3H3,(H2,16,17,20,21). The minimum absolute atomic E-state index is 0.133. The molecule has 5 unspecified atom stereocenters. The molecule has 1 aliphatic rings. The van der Waals surface area contributed by atoms with Gasteiger partial charge in [0.25, 0.3) is 5.56 Å². The van der Waals surface area contributed by atoms with Crippen LogP contribution in [0.25, 0.3) is 10.3 Å². The number of aliphatic hydroxyl groups is 1. The van der Waals surface area contributed by atoms with Crippen molar-refractivity contribution in [3.8, 4) is 0 Å². The third-order valence-corrected chi connectivity index (χ3v) is 5.72. The average Bonchev–Trinajstić information content (AvgIpc) is 3.14. The first-order valence-electron chi connectivity index (χ1n) is 8.11. The summed E-state index contributed by atoms with van der Waals surface area (Å²) < 4.78 is 12.8. The summed E-state index contributed by atoms with van der Waals surface area (Å²) in [6.07, 6.45) is -1.07. The van der Waals surface area contributed by atoms with Crippen LogP contribution in [-0.2, 0) is 9.47 Å². The molecule has 0 aliphatic carbocycles. The Hall–Kier alpha value is -1.75. The number of H-pyrrole nitrogens is 2. The van der Waals surface area contributed by atoms with Gasteiger partial charge in [0.1, 0.15) is 16.6 Å². The highest BCUT2D eigenvalue weighted by molar-refractivity contribution is 7.16. The third-order valence-electron chi connectivity index (χ3n) is 4.77. The quantitative estimate of drug-likeness (QED) is 0.687. The fraction of sp³-hybridized carbons (Fsp3) is 0.667. The molecule has 1 saturated heterocycles. The lowest BCUT2D eigenvalue weighted by Gasteiger charge is -2.24. The van der Waals surface area contributed by atoms with E-state index in [4.69, 9.17) is 9.47 Å². The molecule has 0 spiro atoms. The van der Waals surface area contributed by atoms with Crippen LogP contribution in [0.2, 0.25) is 0 Å². The first kappa shape index (κ1) is 18.1. The molecule has 0 aromatic carbocycles. The maximum atomic E-state index is 12.5. The Morgan fingerprint density at radius 3 is 2.76 bits per heavy atom. The molecule has 0 radical (unpaired) electrons. The molecular formula is C15H21N3O6S. The van der Waals surface area contributed by atoms with Crippen LogP contribution in [0, 0.1) is 5.92 Å². The van der Waals surface area contributed by atoms with Gasteiger partial charge in [-0.25, -0.2) is 4.79 Å². The van der Waals surface area contributed by atoms with Crippen LogP contribution in [0.3, 0.4) is 0 Å². The van der Waals surface area contributed by atoms with E-state index in [1.807, 2.05) is 13.8 Å². The molecule has 5 atom stereocenters. The largest absolute Gasteiger partial charge is 0.390 e. The SMILES string of the molecule is CCC(O)C1CC(C(C)OC)C(n2c(=O)sc3c(=O)[nH]c(=O)[nH]c32)O1. The lowest BCUT2D eigenvalue weighted by molar-refractivity contribution is -0.0764. The van der Waals surface area contributed by atoms with Crippen LogP contribution < -0.4 is 16.1 Å². The smallest absolute Gasteiger partial charge is 0.327 e. The van der Waals surface area contributed by atoms with Gasteiger partial charge in [0.15, 0.2) is 0 Å². The number of hydrogen-bond acceptors (Lipinski definition) is 7. The number of aromatic amines is 2. The van der Waals surface area contributed by atoms with Crippen molar-refractivity contribution < 1.29 is 14.6 Å². The van der Waals surface area contributed by atoms with Crippen molar-refractivity contribution in [2.24, 2.45) is 5.92 Å². The monoisotopic (exact) mass is 371 g/mol. The summed E-state index contributed by atoms with van der Waals surface area (Å²) in [5.41, 5.74) is -1.17. The Balaban J connectivity index is 2.14. The summed E-state index contributed by atoms with van der Waals surface area (Å²) in [7, 11) is 1.56. The van der Waals surface area contributed by atoms with Gasteiger partial charge < -0.3 is 14.6 Å². The Kier molecular flexibility index (Phi) is 4.96. The number of aromatic nitrogens is 3. The van der Waals surface area contributed by atoms with Gasteiger partial charge in [-0.05, 0) is 19.8 Å². The van der Waals surface area contributed by atoms with Crippen molar-refractivity contribution in [2.75, 3.05) is 7.11 Å². The van der Waals surface area contributed by atoms with E-state index >= 15 is 0 Å². The van der Waals surface area contributed by atoms with Gasteiger partial charge in [0.2, 0.25) is 0 Å². The zero-order valence-corrected chi connectivity index (χ0v) is 15.0. The van der Waals surface area contributed by atoms with Gasteiger partial charge in [-0.2, -0.15) is 0 Å². The Morgan fingerprint density at radius 2 is 2.12 bits per heavy atom. The first-order chi connectivity index (χ1) is 11.9. The summed E-state index contributed by atoms with van der Waals surface area (Å²) in [6, 6.07) is 0. The van der Waals surface area contributed by atoms with Crippen LogP contribution in [0.5, 0.6) is 0 Å². The van der Waals surface area contributed by atoms with E-state index in [0.29, 0.717) is 12.8 Å². The second-order valence-electron chi connectivity index (χ2n) is 6.21. The summed E-state index contributed by atoms with van der Waals surface area (Å²) in [5.74, 6) is -0.213. The second-order valence-corrected chi connectivity index (χ2v) is 7.17. The summed E-state index contributed by atoms with van der Waals surface area (Å²) >= 11 is 0.748. The third kappa shape index (κ3) is 3.10. The Labute approximate surface area is 146 Å². The summed E-state index contributed by atoms with van der Waals surface area (Å²) in [6.45, 7) is 3.70. The van der Waals surface area contributed by atoms with Crippen molar-refractivity contribution in [2.45, 2.75) is 51.2 Å². The van der Waals surface area contributed by atoms with E-state index in [2.05, 4.69) is 9.97 Å². The molecule has 3 heterocycles. The van der Waals surface area contributed by atoms with Crippen LogP contribution in [0.15, 0.2) is 14.4 Å². The lowest BCUT2D eigenvalue weighted by Crippen LogP contribution is -2.31. The van der Waals surface area contributed by atoms with Gasteiger partial charge in [0.05, 0.1) is 18.3 Å². The van der Waals surface area contributed by atoms with Gasteiger partial charge >= 0.3 is 10.6 Å². The Morgan fingerprint density at radius 1 is 1.40 bits per heavy atom. The maximum Gasteiger partial charge on any atom is 0.327 e. The highest BCUT2D eigenvalue weighted by Crippen LogP contribution is 2.39. The predicted molar refractivity (Wildman–Crippen MR) is 92.1 cm³/mol.